The number of amides is 1. The predicted octanol–water partition coefficient (Wildman–Crippen LogP) is 3.15. The summed E-state index contributed by atoms with van der Waals surface area (Å²) < 4.78 is 0. The normalized spacial score (nSPS) is 12.0. The number of ketones is 1. The predicted molar refractivity (Wildman–Crippen MR) is 68.3 cm³/mol. The first-order chi connectivity index (χ1) is 7.90. The van der Waals surface area contributed by atoms with Crippen molar-refractivity contribution in [2.75, 3.05) is 0 Å². The lowest BCUT2D eigenvalue weighted by Gasteiger charge is -2.15. The van der Waals surface area contributed by atoms with Crippen molar-refractivity contribution in [1.82, 2.24) is 5.32 Å². The summed E-state index contributed by atoms with van der Waals surface area (Å²) in [5.74, 6) is -0.479. The Balaban J connectivity index is 2.73. The molecule has 1 atom stereocenters. The SMILES string of the molecule is CC(=O)CC(=O)NC(C)c1ccc(Cl)cc1Cl. The summed E-state index contributed by atoms with van der Waals surface area (Å²) in [5.41, 5.74) is 0.771. The van der Waals surface area contributed by atoms with Gasteiger partial charge in [-0.15, -0.1) is 0 Å². The van der Waals surface area contributed by atoms with Gasteiger partial charge in [-0.25, -0.2) is 0 Å². The highest BCUT2D eigenvalue weighted by atomic mass is 35.5. The molecular weight excluding hydrogens is 261 g/mol. The van der Waals surface area contributed by atoms with Crippen molar-refractivity contribution in [2.45, 2.75) is 26.3 Å². The number of nitrogens with one attached hydrogen (secondary N) is 1. The lowest BCUT2D eigenvalue weighted by Crippen LogP contribution is -2.28. The highest BCUT2D eigenvalue weighted by Crippen LogP contribution is 2.26. The standard InChI is InChI=1S/C12H13Cl2NO2/c1-7(16)5-12(17)15-8(2)10-4-3-9(13)6-11(10)14/h3-4,6,8H,5H2,1-2H3,(H,15,17). The second kappa shape index (κ2) is 6.03. The first kappa shape index (κ1) is 14.0. The molecular formula is C12H13Cl2NO2. The number of Topliss-reactive ketones (excluding diaryl/α,β-unsaturated/α-hetero) is 1. The van der Waals surface area contributed by atoms with Crippen LogP contribution in [0, 0.1) is 0 Å². The van der Waals surface area contributed by atoms with Crippen molar-refractivity contribution in [1.29, 1.82) is 0 Å². The van der Waals surface area contributed by atoms with E-state index in [2.05, 4.69) is 5.32 Å². The lowest BCUT2D eigenvalue weighted by molar-refractivity contribution is -0.127. The van der Waals surface area contributed by atoms with Crippen molar-refractivity contribution < 1.29 is 9.59 Å². The number of carbonyl (C=O) groups excluding carboxylic acids is 2. The minimum absolute atomic E-state index is 0.116. The third-order valence-electron chi connectivity index (χ3n) is 2.22. The topological polar surface area (TPSA) is 46.2 Å². The van der Waals surface area contributed by atoms with E-state index in [1.54, 1.807) is 25.1 Å². The average Bonchev–Trinajstić information content (AvgIpc) is 2.15. The summed E-state index contributed by atoms with van der Waals surface area (Å²) in [7, 11) is 0. The molecule has 5 heteroatoms. The van der Waals surface area contributed by atoms with Gasteiger partial charge in [-0.1, -0.05) is 29.3 Å². The number of carbonyl (C=O) groups is 2. The van der Waals surface area contributed by atoms with Crippen LogP contribution in [0.3, 0.4) is 0 Å². The van der Waals surface area contributed by atoms with Crippen LogP contribution in [0.1, 0.15) is 31.9 Å². The number of rotatable bonds is 4. The Bertz CT molecular complexity index is 446. The molecule has 1 amide bonds. The third kappa shape index (κ3) is 4.36. The molecule has 1 unspecified atom stereocenters. The molecule has 0 radical (unpaired) electrons. The Morgan fingerprint density at radius 1 is 1.35 bits per heavy atom. The summed E-state index contributed by atoms with van der Waals surface area (Å²) >= 11 is 11.8. The fourth-order valence-electron chi connectivity index (χ4n) is 1.45. The van der Waals surface area contributed by atoms with Gasteiger partial charge >= 0.3 is 0 Å². The van der Waals surface area contributed by atoms with Crippen molar-refractivity contribution in [3.05, 3.63) is 33.8 Å². The monoisotopic (exact) mass is 273 g/mol. The van der Waals surface area contributed by atoms with E-state index in [1.165, 1.54) is 6.92 Å². The van der Waals surface area contributed by atoms with E-state index in [-0.39, 0.29) is 24.2 Å². The number of hydrogen-bond donors (Lipinski definition) is 1. The van der Waals surface area contributed by atoms with Crippen LogP contribution in [0.2, 0.25) is 10.0 Å². The van der Waals surface area contributed by atoms with E-state index in [9.17, 15) is 9.59 Å². The Morgan fingerprint density at radius 2 is 2.00 bits per heavy atom. The van der Waals surface area contributed by atoms with Crippen molar-refractivity contribution in [3.63, 3.8) is 0 Å². The van der Waals surface area contributed by atoms with Crippen LogP contribution in [0.5, 0.6) is 0 Å². The minimum atomic E-state index is -0.309. The number of hydrogen-bond acceptors (Lipinski definition) is 2. The molecule has 1 aromatic rings. The van der Waals surface area contributed by atoms with Crippen LogP contribution in [0.15, 0.2) is 18.2 Å². The van der Waals surface area contributed by atoms with Gasteiger partial charge in [0.2, 0.25) is 5.91 Å². The average molecular weight is 274 g/mol. The molecule has 0 saturated heterocycles. The smallest absolute Gasteiger partial charge is 0.227 e. The molecule has 0 bridgehead atoms. The van der Waals surface area contributed by atoms with Crippen LogP contribution in [-0.2, 0) is 9.59 Å². The molecule has 3 nitrogen and oxygen atoms in total. The molecule has 0 fully saturated rings. The van der Waals surface area contributed by atoms with E-state index < -0.39 is 0 Å². The maximum Gasteiger partial charge on any atom is 0.227 e. The van der Waals surface area contributed by atoms with Crippen molar-refractivity contribution in [2.24, 2.45) is 0 Å². The second-order valence-corrected chi connectivity index (χ2v) is 4.68. The largest absolute Gasteiger partial charge is 0.349 e. The van der Waals surface area contributed by atoms with Crippen LogP contribution in [0.4, 0.5) is 0 Å². The highest BCUT2D eigenvalue weighted by molar-refractivity contribution is 6.35. The molecule has 1 aromatic carbocycles. The van der Waals surface area contributed by atoms with Crippen LogP contribution >= 0.6 is 23.2 Å². The van der Waals surface area contributed by atoms with Gasteiger partial charge < -0.3 is 5.32 Å². The molecule has 0 saturated carbocycles. The first-order valence-corrected chi connectivity index (χ1v) is 5.89. The molecule has 0 heterocycles. The van der Waals surface area contributed by atoms with Crippen LogP contribution in [-0.4, -0.2) is 11.7 Å². The molecule has 0 spiro atoms. The summed E-state index contributed by atoms with van der Waals surface area (Å²) in [5, 5.41) is 3.74. The Labute approximate surface area is 110 Å². The van der Waals surface area contributed by atoms with Gasteiger partial charge in [0.1, 0.15) is 5.78 Å². The lowest BCUT2D eigenvalue weighted by atomic mass is 10.1. The molecule has 0 aliphatic rings. The number of halogens is 2. The Kier molecular flexibility index (Phi) is 4.97. The maximum absolute atomic E-state index is 11.4. The van der Waals surface area contributed by atoms with Gasteiger partial charge in [0.05, 0.1) is 12.5 Å². The first-order valence-electron chi connectivity index (χ1n) is 5.14. The minimum Gasteiger partial charge on any atom is -0.349 e. The van der Waals surface area contributed by atoms with E-state index in [0.717, 1.165) is 5.56 Å². The molecule has 0 aromatic heterocycles. The molecule has 0 aliphatic carbocycles. The van der Waals surface area contributed by atoms with Gasteiger partial charge in [-0.05, 0) is 31.5 Å². The number of benzene rings is 1. The van der Waals surface area contributed by atoms with Crippen molar-refractivity contribution >= 4 is 34.9 Å². The zero-order valence-electron chi connectivity index (χ0n) is 9.59. The van der Waals surface area contributed by atoms with Crippen LogP contribution < -0.4 is 5.32 Å². The molecule has 1 rings (SSSR count). The van der Waals surface area contributed by atoms with Gasteiger partial charge in [0.15, 0.2) is 0 Å². The molecule has 17 heavy (non-hydrogen) atoms. The van der Waals surface area contributed by atoms with Gasteiger partial charge in [-0.2, -0.15) is 0 Å². The summed E-state index contributed by atoms with van der Waals surface area (Å²) in [6, 6.07) is 4.82. The van der Waals surface area contributed by atoms with Gasteiger partial charge in [-0.3, -0.25) is 9.59 Å². The van der Waals surface area contributed by atoms with E-state index in [0.29, 0.717) is 10.0 Å². The Hall–Kier alpha value is -1.06. The Morgan fingerprint density at radius 3 is 2.53 bits per heavy atom. The summed E-state index contributed by atoms with van der Waals surface area (Å²) in [6.45, 7) is 3.17. The molecule has 1 N–H and O–H groups in total. The highest BCUT2D eigenvalue weighted by Gasteiger charge is 2.13. The fraction of sp³-hybridized carbons (Fsp3) is 0.333. The molecule has 92 valence electrons. The van der Waals surface area contributed by atoms with Gasteiger partial charge in [0, 0.05) is 10.0 Å². The van der Waals surface area contributed by atoms with E-state index in [1.807, 2.05) is 0 Å². The summed E-state index contributed by atoms with van der Waals surface area (Å²) in [4.78, 5) is 22.2. The summed E-state index contributed by atoms with van der Waals surface area (Å²) in [6.07, 6.45) is -0.116. The maximum atomic E-state index is 11.4. The third-order valence-corrected chi connectivity index (χ3v) is 2.78. The quantitative estimate of drug-likeness (QED) is 0.857. The van der Waals surface area contributed by atoms with E-state index in [4.69, 9.17) is 23.2 Å². The molecule has 0 aliphatic heterocycles. The van der Waals surface area contributed by atoms with Crippen LogP contribution in [0.25, 0.3) is 0 Å². The van der Waals surface area contributed by atoms with E-state index >= 15 is 0 Å². The second-order valence-electron chi connectivity index (χ2n) is 3.83. The van der Waals surface area contributed by atoms with Crippen molar-refractivity contribution in [3.8, 4) is 0 Å². The fourth-order valence-corrected chi connectivity index (χ4v) is 2.02. The zero-order valence-corrected chi connectivity index (χ0v) is 11.1. The zero-order chi connectivity index (χ0) is 13.0. The van der Waals surface area contributed by atoms with Gasteiger partial charge in [0.25, 0.3) is 0 Å².